The summed E-state index contributed by atoms with van der Waals surface area (Å²) in [5.41, 5.74) is -3.07. The number of hydrogen-bond acceptors (Lipinski definition) is 3. The summed E-state index contributed by atoms with van der Waals surface area (Å²) in [7, 11) is 0. The molecule has 3 aliphatic rings. The van der Waals surface area contributed by atoms with Crippen molar-refractivity contribution in [2.45, 2.75) is 43.6 Å². The average molecular weight is 572 g/mol. The van der Waals surface area contributed by atoms with Crippen LogP contribution < -0.4 is 0 Å². The summed E-state index contributed by atoms with van der Waals surface area (Å²) in [6, 6.07) is 6.51. The Morgan fingerprint density at radius 1 is 0.725 bits per heavy atom. The largest absolute Gasteiger partial charge is 0.416 e. The molecule has 5 rings (SSSR count). The van der Waals surface area contributed by atoms with E-state index in [9.17, 15) is 40.3 Å². The molecule has 5 nitrogen and oxygen atoms in total. The smallest absolute Gasteiger partial charge is 0.340 e. The van der Waals surface area contributed by atoms with E-state index in [1.165, 1.54) is 17.0 Å². The number of halogens is 7. The summed E-state index contributed by atoms with van der Waals surface area (Å²) in [5, 5.41) is 0. The number of nitrogens with zero attached hydrogens (tertiary/aromatic N) is 3. The number of carbonyl (C=O) groups excluding carboxylic acids is 2. The SMILES string of the molecule is O=C(c1cc(C(F)(F)F)cc(C(F)(F)F)c1)N1CC[C@@H](N2CCN(C(=O)C3CC3)CC2)[C@@H](c2ccc(F)cc2)C1. The molecule has 2 heterocycles. The van der Waals surface area contributed by atoms with Gasteiger partial charge in [-0.25, -0.2) is 4.39 Å². The molecule has 40 heavy (non-hydrogen) atoms. The Bertz CT molecular complexity index is 1220. The van der Waals surface area contributed by atoms with Crippen molar-refractivity contribution < 1.29 is 40.3 Å². The molecule has 2 saturated heterocycles. The van der Waals surface area contributed by atoms with Crippen molar-refractivity contribution >= 4 is 11.8 Å². The molecule has 2 aromatic rings. The third-order valence-corrected chi connectivity index (χ3v) is 8.02. The summed E-state index contributed by atoms with van der Waals surface area (Å²) in [6.07, 6.45) is -7.90. The van der Waals surface area contributed by atoms with Crippen LogP contribution in [-0.4, -0.2) is 71.8 Å². The topological polar surface area (TPSA) is 43.9 Å². The van der Waals surface area contributed by atoms with Gasteiger partial charge in [-0.15, -0.1) is 0 Å². The summed E-state index contributed by atoms with van der Waals surface area (Å²) >= 11 is 0. The van der Waals surface area contributed by atoms with E-state index in [-0.39, 0.29) is 42.9 Å². The highest BCUT2D eigenvalue weighted by molar-refractivity contribution is 5.95. The van der Waals surface area contributed by atoms with Gasteiger partial charge in [-0.05, 0) is 55.2 Å². The second-order valence-corrected chi connectivity index (χ2v) is 10.7. The lowest BCUT2D eigenvalue weighted by Gasteiger charge is -2.47. The number of carbonyl (C=O) groups is 2. The Balaban J connectivity index is 1.38. The van der Waals surface area contributed by atoms with Gasteiger partial charge in [0.15, 0.2) is 0 Å². The number of piperazine rings is 1. The van der Waals surface area contributed by atoms with E-state index in [0.29, 0.717) is 50.3 Å². The molecule has 2 amide bonds. The van der Waals surface area contributed by atoms with Gasteiger partial charge in [0, 0.05) is 62.7 Å². The number of hydrogen-bond donors (Lipinski definition) is 0. The van der Waals surface area contributed by atoms with Gasteiger partial charge in [0.05, 0.1) is 11.1 Å². The maximum atomic E-state index is 13.7. The number of likely N-dealkylation sites (tertiary alicyclic amines) is 1. The van der Waals surface area contributed by atoms with E-state index >= 15 is 0 Å². The van der Waals surface area contributed by atoms with Crippen molar-refractivity contribution in [3.8, 4) is 0 Å². The zero-order chi connectivity index (χ0) is 28.8. The molecule has 0 aromatic heterocycles. The van der Waals surface area contributed by atoms with E-state index in [4.69, 9.17) is 0 Å². The first-order valence-corrected chi connectivity index (χ1v) is 13.2. The van der Waals surface area contributed by atoms with Gasteiger partial charge < -0.3 is 9.80 Å². The summed E-state index contributed by atoms with van der Waals surface area (Å²) in [6.45, 7) is 2.45. The third kappa shape index (κ3) is 6.11. The van der Waals surface area contributed by atoms with E-state index in [0.717, 1.165) is 12.8 Å². The van der Waals surface area contributed by atoms with Crippen LogP contribution in [0.15, 0.2) is 42.5 Å². The molecule has 2 aromatic carbocycles. The first-order chi connectivity index (χ1) is 18.8. The molecule has 0 N–H and O–H groups in total. The fourth-order valence-corrected chi connectivity index (χ4v) is 5.72. The zero-order valence-electron chi connectivity index (χ0n) is 21.4. The highest BCUT2D eigenvalue weighted by atomic mass is 19.4. The van der Waals surface area contributed by atoms with Crippen LogP contribution in [0.3, 0.4) is 0 Å². The van der Waals surface area contributed by atoms with Crippen molar-refractivity contribution in [1.82, 2.24) is 14.7 Å². The molecule has 12 heteroatoms. The van der Waals surface area contributed by atoms with Crippen molar-refractivity contribution in [2.24, 2.45) is 5.92 Å². The van der Waals surface area contributed by atoms with Gasteiger partial charge >= 0.3 is 12.4 Å². The Hall–Kier alpha value is -3.15. The van der Waals surface area contributed by atoms with Crippen LogP contribution in [0.25, 0.3) is 0 Å². The van der Waals surface area contributed by atoms with E-state index < -0.39 is 40.8 Å². The predicted octanol–water partition coefficient (Wildman–Crippen LogP) is 5.42. The number of amides is 2. The Morgan fingerprint density at radius 2 is 1.30 bits per heavy atom. The average Bonchev–Trinajstić information content (AvgIpc) is 3.77. The minimum absolute atomic E-state index is 0.00204. The summed E-state index contributed by atoms with van der Waals surface area (Å²) in [4.78, 5) is 31.1. The molecule has 2 atom stereocenters. The predicted molar refractivity (Wildman–Crippen MR) is 131 cm³/mol. The van der Waals surface area contributed by atoms with Crippen LogP contribution in [0.5, 0.6) is 0 Å². The number of benzene rings is 2. The molecule has 216 valence electrons. The number of alkyl halides is 6. The van der Waals surface area contributed by atoms with Crippen molar-refractivity contribution in [3.63, 3.8) is 0 Å². The molecule has 1 saturated carbocycles. The first kappa shape index (κ1) is 28.4. The number of rotatable bonds is 4. The minimum atomic E-state index is -5.07. The third-order valence-electron chi connectivity index (χ3n) is 8.02. The fourth-order valence-electron chi connectivity index (χ4n) is 5.72. The maximum absolute atomic E-state index is 13.7. The van der Waals surface area contributed by atoms with Crippen LogP contribution in [0.4, 0.5) is 30.7 Å². The molecule has 1 aliphatic carbocycles. The fraction of sp³-hybridized carbons (Fsp3) is 0.500. The molecule has 2 aliphatic heterocycles. The number of piperidine rings is 1. The Labute approximate surface area is 226 Å². The monoisotopic (exact) mass is 571 g/mol. The normalized spacial score (nSPS) is 22.9. The molecule has 3 fully saturated rings. The van der Waals surface area contributed by atoms with Crippen LogP contribution >= 0.6 is 0 Å². The molecule has 0 unspecified atom stereocenters. The zero-order valence-corrected chi connectivity index (χ0v) is 21.4. The van der Waals surface area contributed by atoms with E-state index in [2.05, 4.69) is 4.90 Å². The Morgan fingerprint density at radius 3 is 1.82 bits per heavy atom. The van der Waals surface area contributed by atoms with Gasteiger partial charge in [-0.1, -0.05) is 12.1 Å². The summed E-state index contributed by atoms with van der Waals surface area (Å²) in [5.74, 6) is -1.48. The second kappa shape index (κ2) is 10.7. The van der Waals surface area contributed by atoms with Crippen molar-refractivity contribution in [1.29, 1.82) is 0 Å². The maximum Gasteiger partial charge on any atom is 0.416 e. The molecule has 0 bridgehead atoms. The highest BCUT2D eigenvalue weighted by Gasteiger charge is 2.41. The summed E-state index contributed by atoms with van der Waals surface area (Å²) < 4.78 is 94.0. The van der Waals surface area contributed by atoms with Crippen LogP contribution in [0.2, 0.25) is 0 Å². The van der Waals surface area contributed by atoms with Crippen LogP contribution in [0.1, 0.15) is 52.2 Å². The lowest BCUT2D eigenvalue weighted by atomic mass is 9.84. The van der Waals surface area contributed by atoms with E-state index in [1.807, 2.05) is 4.90 Å². The molecule has 0 radical (unpaired) electrons. The van der Waals surface area contributed by atoms with Crippen LogP contribution in [0, 0.1) is 11.7 Å². The van der Waals surface area contributed by atoms with Crippen LogP contribution in [-0.2, 0) is 17.1 Å². The minimum Gasteiger partial charge on any atom is -0.340 e. The van der Waals surface area contributed by atoms with Gasteiger partial charge in [-0.3, -0.25) is 14.5 Å². The van der Waals surface area contributed by atoms with Crippen molar-refractivity contribution in [2.75, 3.05) is 39.3 Å². The Kier molecular flexibility index (Phi) is 7.58. The highest BCUT2D eigenvalue weighted by Crippen LogP contribution is 2.38. The molecular weight excluding hydrogens is 543 g/mol. The quantitative estimate of drug-likeness (QED) is 0.461. The first-order valence-electron chi connectivity index (χ1n) is 13.2. The van der Waals surface area contributed by atoms with Gasteiger partial charge in [-0.2, -0.15) is 26.3 Å². The molecular formula is C28H28F7N3O2. The lowest BCUT2D eigenvalue weighted by molar-refractivity contribution is -0.143. The molecule has 0 spiro atoms. The second-order valence-electron chi connectivity index (χ2n) is 10.7. The van der Waals surface area contributed by atoms with Gasteiger partial charge in [0.2, 0.25) is 5.91 Å². The van der Waals surface area contributed by atoms with Crippen molar-refractivity contribution in [3.05, 3.63) is 70.5 Å². The lowest BCUT2D eigenvalue weighted by Crippen LogP contribution is -2.57. The van der Waals surface area contributed by atoms with Gasteiger partial charge in [0.25, 0.3) is 5.91 Å². The van der Waals surface area contributed by atoms with E-state index in [1.54, 1.807) is 12.1 Å². The standard InChI is InChI=1S/C28H28F7N3O2/c29-22-5-3-17(4-6-22)23-16-38(8-7-24(23)36-9-11-37(12-10-36)25(39)18-1-2-18)26(40)19-13-20(27(30,31)32)15-21(14-19)28(33,34)35/h3-6,13-15,18,23-24H,1-2,7-12,16H2/t23-,24-/m1/s1. The van der Waals surface area contributed by atoms with Gasteiger partial charge in [0.1, 0.15) is 5.82 Å².